The van der Waals surface area contributed by atoms with Gasteiger partial charge in [-0.25, -0.2) is 0 Å². The van der Waals surface area contributed by atoms with Crippen molar-refractivity contribution in [1.82, 2.24) is 0 Å². The Morgan fingerprint density at radius 2 is 1.18 bits per heavy atom. The molecule has 28 heavy (non-hydrogen) atoms. The monoisotopic (exact) mass is 402 g/mol. The second kappa shape index (κ2) is 6.27. The van der Waals surface area contributed by atoms with Crippen molar-refractivity contribution in [3.63, 3.8) is 0 Å². The molecule has 0 fully saturated rings. The van der Waals surface area contributed by atoms with E-state index in [-0.39, 0.29) is 10.8 Å². The van der Waals surface area contributed by atoms with E-state index in [9.17, 15) is 0 Å². The molecule has 3 aliphatic carbocycles. The molecule has 0 saturated carbocycles. The fourth-order valence-corrected chi connectivity index (χ4v) is 6.33. The Bertz CT molecular complexity index is 987. The fourth-order valence-electron chi connectivity index (χ4n) is 5.05. The molecule has 3 aliphatic rings. The molecular weight excluding hydrogens is 380 g/mol. The fraction of sp³-hybridized carbons (Fsp3) is 0.231. The van der Waals surface area contributed by atoms with E-state index in [0.29, 0.717) is 5.92 Å². The maximum Gasteiger partial charge on any atom is 0.0652 e. The third-order valence-corrected chi connectivity index (χ3v) is 7.66. The van der Waals surface area contributed by atoms with Crippen molar-refractivity contribution >= 4 is 21.7 Å². The molecule has 0 spiro atoms. The number of hydrogen-bond donors (Lipinski definition) is 0. The highest BCUT2D eigenvalue weighted by Gasteiger charge is 2.50. The maximum absolute atomic E-state index is 6.43. The van der Waals surface area contributed by atoms with E-state index in [1.165, 1.54) is 49.3 Å². The third-order valence-electron chi connectivity index (χ3n) is 6.26. The summed E-state index contributed by atoms with van der Waals surface area (Å²) in [5, 5.41) is 0. The van der Waals surface area contributed by atoms with Gasteiger partial charge in [-0.05, 0) is 60.5 Å². The minimum Gasteiger partial charge on any atom is -0.0619 e. The Morgan fingerprint density at radius 3 is 1.54 bits per heavy atom. The number of rotatable bonds is 2. The van der Waals surface area contributed by atoms with Crippen molar-refractivity contribution in [1.29, 1.82) is 0 Å². The van der Waals surface area contributed by atoms with Gasteiger partial charge < -0.3 is 0 Å². The Labute approximate surface area is 176 Å². The van der Waals surface area contributed by atoms with Gasteiger partial charge in [-0.1, -0.05) is 99.6 Å². The zero-order valence-corrected chi connectivity index (χ0v) is 17.9. The van der Waals surface area contributed by atoms with Gasteiger partial charge >= 0.3 is 0 Å². The van der Waals surface area contributed by atoms with Crippen LogP contribution in [-0.4, -0.2) is 0 Å². The molecule has 0 radical (unpaired) electrons. The molecule has 0 N–H and O–H groups in total. The van der Waals surface area contributed by atoms with Crippen LogP contribution in [0.15, 0.2) is 83.8 Å². The smallest absolute Gasteiger partial charge is 0.0619 e. The lowest BCUT2D eigenvalue weighted by Crippen LogP contribution is -2.41. The molecule has 2 bridgehead atoms. The molecule has 0 saturated heterocycles. The summed E-state index contributed by atoms with van der Waals surface area (Å²) in [6, 6.07) is 26.9. The highest BCUT2D eigenvalue weighted by Crippen LogP contribution is 2.60. The standard InChI is InChI=1S/C26H23ClS/c1-25(2,3)23(28-27)16-26-20-13-7-4-10-17(20)24(18-11-5-8-14-21(18)26)19-12-6-9-15-22(19)26/h4-16,24H,1-3H3/b23-16-. The van der Waals surface area contributed by atoms with Crippen molar-refractivity contribution in [3.8, 4) is 0 Å². The second-order valence-electron chi connectivity index (χ2n) is 8.84. The zero-order valence-electron chi connectivity index (χ0n) is 16.4. The van der Waals surface area contributed by atoms with Crippen LogP contribution in [0.4, 0.5) is 0 Å². The molecule has 140 valence electrons. The van der Waals surface area contributed by atoms with Gasteiger partial charge in [0.25, 0.3) is 0 Å². The van der Waals surface area contributed by atoms with Crippen LogP contribution in [0.25, 0.3) is 0 Å². The van der Waals surface area contributed by atoms with E-state index in [1.807, 2.05) is 0 Å². The van der Waals surface area contributed by atoms with E-state index in [2.05, 4.69) is 99.6 Å². The topological polar surface area (TPSA) is 0 Å². The van der Waals surface area contributed by atoms with E-state index in [4.69, 9.17) is 10.7 Å². The molecule has 3 aromatic rings. The number of allylic oxidation sites excluding steroid dienone is 2. The summed E-state index contributed by atoms with van der Waals surface area (Å²) in [6.07, 6.45) is 2.44. The highest BCUT2D eigenvalue weighted by molar-refractivity contribution is 8.24. The van der Waals surface area contributed by atoms with Gasteiger partial charge in [-0.3, -0.25) is 0 Å². The Balaban J connectivity index is 1.96. The van der Waals surface area contributed by atoms with Crippen LogP contribution in [0.5, 0.6) is 0 Å². The van der Waals surface area contributed by atoms with Gasteiger partial charge in [0.05, 0.1) is 5.41 Å². The molecule has 0 unspecified atom stereocenters. The predicted octanol–water partition coefficient (Wildman–Crippen LogP) is 7.65. The molecular formula is C26H23ClS. The lowest BCUT2D eigenvalue weighted by Gasteiger charge is -2.50. The summed E-state index contributed by atoms with van der Waals surface area (Å²) in [7, 11) is 7.79. The van der Waals surface area contributed by atoms with Gasteiger partial charge in [-0.2, -0.15) is 0 Å². The van der Waals surface area contributed by atoms with Gasteiger partial charge in [0.2, 0.25) is 0 Å². The first-order valence-electron chi connectivity index (χ1n) is 9.78. The molecule has 0 heterocycles. The SMILES string of the molecule is CC(C)(C)/C(=C/C12c3ccccc3C(c3ccccc31)c1ccccc12)SCl. The second-order valence-corrected chi connectivity index (χ2v) is 9.90. The minimum atomic E-state index is -0.303. The Kier molecular flexibility index (Phi) is 4.05. The van der Waals surface area contributed by atoms with Crippen LogP contribution in [-0.2, 0) is 5.41 Å². The van der Waals surface area contributed by atoms with Gasteiger partial charge in [0.15, 0.2) is 0 Å². The molecule has 0 amide bonds. The average Bonchev–Trinajstić information content (AvgIpc) is 2.71. The lowest BCUT2D eigenvalue weighted by molar-refractivity contribution is 0.523. The van der Waals surface area contributed by atoms with Crippen molar-refractivity contribution in [3.05, 3.63) is 117 Å². The first kappa shape index (κ1) is 18.1. The van der Waals surface area contributed by atoms with E-state index < -0.39 is 0 Å². The Morgan fingerprint density at radius 1 is 0.786 bits per heavy atom. The normalized spacial score (nSPS) is 22.4. The van der Waals surface area contributed by atoms with Crippen molar-refractivity contribution < 1.29 is 0 Å². The van der Waals surface area contributed by atoms with E-state index in [1.54, 1.807) is 0 Å². The van der Waals surface area contributed by atoms with Crippen LogP contribution < -0.4 is 0 Å². The van der Waals surface area contributed by atoms with Crippen LogP contribution in [0.2, 0.25) is 0 Å². The van der Waals surface area contributed by atoms with Crippen LogP contribution >= 0.6 is 21.7 Å². The Hall–Kier alpha value is -1.96. The summed E-state index contributed by atoms with van der Waals surface area (Å²) in [5.74, 6) is 0.306. The molecule has 0 nitrogen and oxygen atoms in total. The zero-order chi connectivity index (χ0) is 19.5. The van der Waals surface area contributed by atoms with Crippen molar-refractivity contribution in [2.24, 2.45) is 5.41 Å². The predicted molar refractivity (Wildman–Crippen MR) is 121 cm³/mol. The number of hydrogen-bond acceptors (Lipinski definition) is 1. The van der Waals surface area contributed by atoms with Crippen molar-refractivity contribution in [2.75, 3.05) is 0 Å². The number of halogens is 1. The van der Waals surface area contributed by atoms with Crippen molar-refractivity contribution in [2.45, 2.75) is 32.1 Å². The molecule has 2 heteroatoms. The van der Waals surface area contributed by atoms with Gasteiger partial charge in [-0.15, -0.1) is 0 Å². The average molecular weight is 403 g/mol. The first-order valence-corrected chi connectivity index (χ1v) is 11.4. The highest BCUT2D eigenvalue weighted by atomic mass is 35.7. The maximum atomic E-state index is 6.43. The number of benzene rings is 3. The summed E-state index contributed by atoms with van der Waals surface area (Å²) >= 11 is 0. The van der Waals surface area contributed by atoms with Gasteiger partial charge in [0.1, 0.15) is 0 Å². The molecule has 0 atom stereocenters. The summed E-state index contributed by atoms with van der Waals surface area (Å²) in [6.45, 7) is 6.72. The van der Waals surface area contributed by atoms with Crippen LogP contribution in [0, 0.1) is 5.41 Å². The third kappa shape index (κ3) is 2.33. The van der Waals surface area contributed by atoms with Crippen LogP contribution in [0.3, 0.4) is 0 Å². The summed E-state index contributed by atoms with van der Waals surface area (Å²) in [4.78, 5) is 1.20. The first-order chi connectivity index (χ1) is 13.5. The summed E-state index contributed by atoms with van der Waals surface area (Å²) in [5.41, 5.74) is 8.12. The van der Waals surface area contributed by atoms with Crippen LogP contribution in [0.1, 0.15) is 60.1 Å². The molecule has 3 aromatic carbocycles. The van der Waals surface area contributed by atoms with E-state index in [0.717, 1.165) is 0 Å². The quantitative estimate of drug-likeness (QED) is 0.424. The molecule has 0 aliphatic heterocycles. The van der Waals surface area contributed by atoms with E-state index >= 15 is 0 Å². The molecule has 6 rings (SSSR count). The van der Waals surface area contributed by atoms with Gasteiger partial charge in [0, 0.05) is 10.8 Å². The molecule has 0 aromatic heterocycles. The minimum absolute atomic E-state index is 0.0196. The summed E-state index contributed by atoms with van der Waals surface area (Å²) < 4.78 is 0. The lowest BCUT2D eigenvalue weighted by atomic mass is 9.52. The largest absolute Gasteiger partial charge is 0.0652 e.